The first-order chi connectivity index (χ1) is 6.93. The summed E-state index contributed by atoms with van der Waals surface area (Å²) >= 11 is 0. The fourth-order valence-corrected chi connectivity index (χ4v) is 1.78. The van der Waals surface area contributed by atoms with Crippen LogP contribution in [0.4, 0.5) is 0 Å². The van der Waals surface area contributed by atoms with Gasteiger partial charge in [-0.3, -0.25) is 13.8 Å². The molecular formula is C9H16N2O3S. The number of piperazine rings is 1. The molecule has 0 aliphatic carbocycles. The molecule has 0 aromatic rings. The summed E-state index contributed by atoms with van der Waals surface area (Å²) in [6, 6.07) is -0.461. The molecule has 2 amide bonds. The summed E-state index contributed by atoms with van der Waals surface area (Å²) in [6.45, 7) is 3.91. The Hall–Kier alpha value is -0.910. The van der Waals surface area contributed by atoms with Crippen molar-refractivity contribution in [2.75, 3.05) is 19.3 Å². The van der Waals surface area contributed by atoms with Crippen LogP contribution >= 0.6 is 0 Å². The maximum Gasteiger partial charge on any atom is 0.242 e. The number of nitrogens with zero attached hydrogens (tertiary/aromatic N) is 1. The van der Waals surface area contributed by atoms with Gasteiger partial charge in [-0.25, -0.2) is 0 Å². The maximum atomic E-state index is 11.5. The summed E-state index contributed by atoms with van der Waals surface area (Å²) in [5.74, 6) is -0.261. The van der Waals surface area contributed by atoms with Crippen LogP contribution in [0, 0.1) is 0 Å². The van der Waals surface area contributed by atoms with Gasteiger partial charge in [-0.05, 0) is 13.8 Å². The second-order valence-corrected chi connectivity index (χ2v) is 5.55. The van der Waals surface area contributed by atoms with Gasteiger partial charge in [-0.2, -0.15) is 0 Å². The van der Waals surface area contributed by atoms with Gasteiger partial charge in [-0.1, -0.05) is 0 Å². The second-order valence-electron chi connectivity index (χ2n) is 3.75. The van der Waals surface area contributed by atoms with E-state index in [0.29, 0.717) is 6.54 Å². The summed E-state index contributed by atoms with van der Waals surface area (Å²) < 4.78 is 11.2. The molecule has 3 unspecified atom stereocenters. The van der Waals surface area contributed by atoms with Crippen molar-refractivity contribution in [2.45, 2.75) is 25.1 Å². The lowest BCUT2D eigenvalue weighted by atomic mass is 10.2. The van der Waals surface area contributed by atoms with Crippen LogP contribution < -0.4 is 5.32 Å². The summed E-state index contributed by atoms with van der Waals surface area (Å²) in [7, 11) is -0.979. The largest absolute Gasteiger partial charge is 0.345 e. The number of carbonyl (C=O) groups is 2. The van der Waals surface area contributed by atoms with Crippen molar-refractivity contribution in [1.82, 2.24) is 10.2 Å². The molecule has 1 aliphatic rings. The molecule has 0 saturated carbocycles. The number of carbonyl (C=O) groups excluding carboxylic acids is 2. The Kier molecular flexibility index (Phi) is 3.84. The van der Waals surface area contributed by atoms with E-state index in [0.717, 1.165) is 0 Å². The predicted octanol–water partition coefficient (Wildman–Crippen LogP) is -0.900. The SMILES string of the molecule is CC1C(=O)NCC(=O)N1CC(C)S(C)=O. The van der Waals surface area contributed by atoms with Gasteiger partial charge in [0, 0.05) is 28.9 Å². The molecule has 1 aliphatic heterocycles. The van der Waals surface area contributed by atoms with E-state index in [9.17, 15) is 13.8 Å². The Labute approximate surface area is 91.7 Å². The Bertz CT molecular complexity index is 306. The lowest BCUT2D eigenvalue weighted by Crippen LogP contribution is -2.58. The van der Waals surface area contributed by atoms with Crippen LogP contribution in [0.15, 0.2) is 0 Å². The first-order valence-corrected chi connectivity index (χ1v) is 6.45. The first-order valence-electron chi connectivity index (χ1n) is 4.83. The summed E-state index contributed by atoms with van der Waals surface area (Å²) in [5, 5.41) is 2.40. The van der Waals surface area contributed by atoms with E-state index in [-0.39, 0.29) is 23.6 Å². The average molecular weight is 232 g/mol. The highest BCUT2D eigenvalue weighted by molar-refractivity contribution is 7.84. The molecule has 5 nitrogen and oxygen atoms in total. The summed E-state index contributed by atoms with van der Waals surface area (Å²) in [5.41, 5.74) is 0. The third-order valence-corrected chi connectivity index (χ3v) is 3.88. The zero-order valence-corrected chi connectivity index (χ0v) is 9.97. The number of hydrogen-bond donors (Lipinski definition) is 1. The van der Waals surface area contributed by atoms with E-state index in [1.54, 1.807) is 13.2 Å². The molecule has 1 rings (SSSR count). The molecule has 15 heavy (non-hydrogen) atoms. The molecule has 1 heterocycles. The summed E-state index contributed by atoms with van der Waals surface area (Å²) in [6.07, 6.45) is 1.60. The first kappa shape index (κ1) is 12.2. The monoisotopic (exact) mass is 232 g/mol. The highest BCUT2D eigenvalue weighted by Gasteiger charge is 2.32. The van der Waals surface area contributed by atoms with Crippen LogP contribution in [0.3, 0.4) is 0 Å². The quantitative estimate of drug-likeness (QED) is 0.686. The predicted molar refractivity (Wildman–Crippen MR) is 57.7 cm³/mol. The molecule has 0 radical (unpaired) electrons. The fraction of sp³-hybridized carbons (Fsp3) is 0.778. The van der Waals surface area contributed by atoms with Crippen LogP contribution in [0.25, 0.3) is 0 Å². The number of hydrogen-bond acceptors (Lipinski definition) is 3. The van der Waals surface area contributed by atoms with Crippen LogP contribution in [-0.2, 0) is 20.4 Å². The molecule has 0 bridgehead atoms. The zero-order valence-electron chi connectivity index (χ0n) is 9.15. The molecular weight excluding hydrogens is 216 g/mol. The van der Waals surface area contributed by atoms with E-state index < -0.39 is 16.8 Å². The van der Waals surface area contributed by atoms with E-state index in [2.05, 4.69) is 5.32 Å². The normalized spacial score (nSPS) is 26.1. The van der Waals surface area contributed by atoms with Gasteiger partial charge in [0.15, 0.2) is 0 Å². The second kappa shape index (κ2) is 4.74. The van der Waals surface area contributed by atoms with Crippen LogP contribution in [0.2, 0.25) is 0 Å². The minimum atomic E-state index is -0.979. The Morgan fingerprint density at radius 2 is 2.20 bits per heavy atom. The van der Waals surface area contributed by atoms with Crippen molar-refractivity contribution in [1.29, 1.82) is 0 Å². The van der Waals surface area contributed by atoms with E-state index in [1.807, 2.05) is 6.92 Å². The number of amides is 2. The zero-order chi connectivity index (χ0) is 11.6. The fourth-order valence-electron chi connectivity index (χ4n) is 1.41. The van der Waals surface area contributed by atoms with Crippen molar-refractivity contribution in [3.63, 3.8) is 0 Å². The molecule has 3 atom stereocenters. The highest BCUT2D eigenvalue weighted by Crippen LogP contribution is 2.08. The van der Waals surface area contributed by atoms with E-state index in [1.165, 1.54) is 4.90 Å². The summed E-state index contributed by atoms with van der Waals surface area (Å²) in [4.78, 5) is 24.3. The minimum Gasteiger partial charge on any atom is -0.345 e. The molecule has 1 N–H and O–H groups in total. The van der Waals surface area contributed by atoms with Crippen LogP contribution in [0.5, 0.6) is 0 Å². The maximum absolute atomic E-state index is 11.5. The molecule has 1 fully saturated rings. The lowest BCUT2D eigenvalue weighted by Gasteiger charge is -2.34. The van der Waals surface area contributed by atoms with Gasteiger partial charge < -0.3 is 10.2 Å². The smallest absolute Gasteiger partial charge is 0.242 e. The van der Waals surface area contributed by atoms with Crippen LogP contribution in [-0.4, -0.2) is 51.6 Å². The van der Waals surface area contributed by atoms with Gasteiger partial charge in [0.1, 0.15) is 6.04 Å². The Morgan fingerprint density at radius 1 is 1.60 bits per heavy atom. The highest BCUT2D eigenvalue weighted by atomic mass is 32.2. The van der Waals surface area contributed by atoms with Crippen molar-refractivity contribution in [2.24, 2.45) is 0 Å². The van der Waals surface area contributed by atoms with Gasteiger partial charge >= 0.3 is 0 Å². The number of rotatable bonds is 3. The van der Waals surface area contributed by atoms with Crippen LogP contribution in [0.1, 0.15) is 13.8 Å². The Balaban J connectivity index is 2.69. The third kappa shape index (κ3) is 2.77. The molecule has 1 saturated heterocycles. The topological polar surface area (TPSA) is 66.5 Å². The van der Waals surface area contributed by atoms with E-state index >= 15 is 0 Å². The Morgan fingerprint density at radius 3 is 2.73 bits per heavy atom. The molecule has 0 aromatic heterocycles. The standard InChI is InChI=1S/C9H16N2O3S/c1-6(15(3)14)5-11-7(2)9(13)10-4-8(11)12/h6-7H,4-5H2,1-3H3,(H,10,13). The molecule has 0 aromatic carbocycles. The van der Waals surface area contributed by atoms with Gasteiger partial charge in [0.2, 0.25) is 11.8 Å². The van der Waals surface area contributed by atoms with Crippen molar-refractivity contribution >= 4 is 22.6 Å². The minimum absolute atomic E-state index is 0.0479. The number of nitrogens with one attached hydrogen (secondary N) is 1. The van der Waals surface area contributed by atoms with Gasteiger partial charge in [-0.15, -0.1) is 0 Å². The average Bonchev–Trinajstić information content (AvgIpc) is 2.18. The van der Waals surface area contributed by atoms with E-state index in [4.69, 9.17) is 0 Å². The van der Waals surface area contributed by atoms with Crippen molar-refractivity contribution in [3.8, 4) is 0 Å². The molecule has 6 heteroatoms. The van der Waals surface area contributed by atoms with Gasteiger partial charge in [0.05, 0.1) is 6.54 Å². The van der Waals surface area contributed by atoms with Crippen molar-refractivity contribution in [3.05, 3.63) is 0 Å². The molecule has 0 spiro atoms. The van der Waals surface area contributed by atoms with Gasteiger partial charge in [0.25, 0.3) is 0 Å². The third-order valence-electron chi connectivity index (χ3n) is 2.60. The lowest BCUT2D eigenvalue weighted by molar-refractivity contribution is -0.144. The van der Waals surface area contributed by atoms with Crippen molar-refractivity contribution < 1.29 is 13.8 Å². The molecule has 86 valence electrons.